The highest BCUT2D eigenvalue weighted by Crippen LogP contribution is 2.26. The van der Waals surface area contributed by atoms with E-state index in [2.05, 4.69) is 18.9 Å². The van der Waals surface area contributed by atoms with Crippen LogP contribution in [-0.2, 0) is 18.9 Å². The number of carbonyl (C=O) groups excluding carboxylic acids is 4. The Bertz CT molecular complexity index is 768. The van der Waals surface area contributed by atoms with Crippen LogP contribution in [0.15, 0.2) is 24.3 Å². The molecule has 0 saturated carbocycles. The van der Waals surface area contributed by atoms with Crippen LogP contribution in [0.4, 0.5) is 0 Å². The Hall–Kier alpha value is -3.42. The van der Waals surface area contributed by atoms with E-state index in [1.54, 1.807) is 0 Å². The zero-order chi connectivity index (χ0) is 19.4. The van der Waals surface area contributed by atoms with E-state index in [-0.39, 0.29) is 22.3 Å². The predicted molar refractivity (Wildman–Crippen MR) is 89.3 cm³/mol. The zero-order valence-corrected chi connectivity index (χ0v) is 14.6. The van der Waals surface area contributed by atoms with Gasteiger partial charge in [0.2, 0.25) is 0 Å². The van der Waals surface area contributed by atoms with Crippen molar-refractivity contribution in [1.82, 2.24) is 0 Å². The van der Waals surface area contributed by atoms with Crippen LogP contribution in [0.5, 0.6) is 0 Å². The molecule has 0 spiro atoms. The lowest BCUT2D eigenvalue weighted by Gasteiger charge is -2.12. The van der Waals surface area contributed by atoms with Crippen molar-refractivity contribution >= 4 is 34.6 Å². The second-order valence-corrected chi connectivity index (χ2v) is 5.11. The smallest absolute Gasteiger partial charge is 0.338 e. The normalized spacial score (nSPS) is 10.2. The van der Waals surface area contributed by atoms with Gasteiger partial charge in [0.1, 0.15) is 0 Å². The topological polar surface area (TPSA) is 105 Å². The number of hydrogen-bond donors (Lipinski definition) is 0. The van der Waals surface area contributed by atoms with Gasteiger partial charge in [-0.3, -0.25) is 0 Å². The van der Waals surface area contributed by atoms with E-state index in [4.69, 9.17) is 0 Å². The molecule has 0 aliphatic rings. The summed E-state index contributed by atoms with van der Waals surface area (Å²) in [6.45, 7) is 0. The van der Waals surface area contributed by atoms with Crippen LogP contribution in [0.25, 0.3) is 10.8 Å². The third kappa shape index (κ3) is 3.34. The van der Waals surface area contributed by atoms with E-state index < -0.39 is 23.9 Å². The predicted octanol–water partition coefficient (Wildman–Crippen LogP) is 1.99. The summed E-state index contributed by atoms with van der Waals surface area (Å²) in [6.07, 6.45) is 0. The van der Waals surface area contributed by atoms with Crippen LogP contribution < -0.4 is 0 Å². The molecule has 2 rings (SSSR count). The summed E-state index contributed by atoms with van der Waals surface area (Å²) in [6, 6.07) is 5.50. The van der Waals surface area contributed by atoms with Gasteiger partial charge in [-0.05, 0) is 35.0 Å². The van der Waals surface area contributed by atoms with Crippen molar-refractivity contribution < 1.29 is 38.1 Å². The number of esters is 4. The van der Waals surface area contributed by atoms with Gasteiger partial charge in [-0.1, -0.05) is 0 Å². The maximum Gasteiger partial charge on any atom is 0.338 e. The van der Waals surface area contributed by atoms with E-state index in [1.165, 1.54) is 52.7 Å². The maximum atomic E-state index is 12.0. The lowest BCUT2D eigenvalue weighted by Crippen LogP contribution is -2.14. The minimum absolute atomic E-state index is 0.0338. The molecule has 0 amide bonds. The van der Waals surface area contributed by atoms with E-state index in [9.17, 15) is 19.2 Å². The number of methoxy groups -OCH3 is 4. The maximum absolute atomic E-state index is 12.0. The number of carbonyl (C=O) groups is 4. The molecule has 2 aromatic rings. The number of ether oxygens (including phenoxy) is 4. The van der Waals surface area contributed by atoms with Crippen molar-refractivity contribution in [3.05, 3.63) is 46.5 Å². The third-order valence-electron chi connectivity index (χ3n) is 3.73. The van der Waals surface area contributed by atoms with Crippen molar-refractivity contribution in [2.45, 2.75) is 0 Å². The first kappa shape index (κ1) is 18.9. The highest BCUT2D eigenvalue weighted by Gasteiger charge is 2.23. The molecule has 2 aromatic carbocycles. The molecular weight excluding hydrogens is 344 g/mol. The van der Waals surface area contributed by atoms with Crippen LogP contribution >= 0.6 is 0 Å². The third-order valence-corrected chi connectivity index (χ3v) is 3.73. The van der Waals surface area contributed by atoms with Gasteiger partial charge >= 0.3 is 23.9 Å². The van der Waals surface area contributed by atoms with Gasteiger partial charge in [-0.15, -0.1) is 0 Å². The van der Waals surface area contributed by atoms with Crippen LogP contribution in [0.3, 0.4) is 0 Å². The largest absolute Gasteiger partial charge is 0.465 e. The number of hydrogen-bond acceptors (Lipinski definition) is 8. The lowest BCUT2D eigenvalue weighted by molar-refractivity contribution is 0.0554. The fourth-order valence-electron chi connectivity index (χ4n) is 2.47. The van der Waals surface area contributed by atoms with Gasteiger partial charge in [-0.2, -0.15) is 0 Å². The van der Waals surface area contributed by atoms with E-state index >= 15 is 0 Å². The molecule has 0 radical (unpaired) electrons. The first-order valence-electron chi connectivity index (χ1n) is 7.33. The average molecular weight is 360 g/mol. The standard InChI is InChI=1S/C18H16O8/c1-23-15(19)11-5-9-7-13(17(21)25-3)14(18(22)26-4)8-10(9)6-12(11)16(20)24-2/h5-8H,1-4H3. The minimum Gasteiger partial charge on any atom is -0.465 e. The minimum atomic E-state index is -0.746. The molecule has 0 fully saturated rings. The molecule has 8 heteroatoms. The summed E-state index contributed by atoms with van der Waals surface area (Å²) < 4.78 is 18.7. The van der Waals surface area contributed by atoms with Crippen molar-refractivity contribution in [2.75, 3.05) is 28.4 Å². The van der Waals surface area contributed by atoms with E-state index in [1.807, 2.05) is 0 Å². The van der Waals surface area contributed by atoms with Gasteiger partial charge in [0.15, 0.2) is 0 Å². The Balaban J connectivity index is 2.85. The second-order valence-electron chi connectivity index (χ2n) is 5.11. The van der Waals surface area contributed by atoms with Gasteiger partial charge < -0.3 is 18.9 Å². The molecule has 0 heterocycles. The summed E-state index contributed by atoms with van der Waals surface area (Å²) in [7, 11) is 4.70. The Labute approximate surface area is 148 Å². The fourth-order valence-corrected chi connectivity index (χ4v) is 2.47. The molecule has 136 valence electrons. The van der Waals surface area contributed by atoms with Gasteiger partial charge in [-0.25, -0.2) is 19.2 Å². The molecule has 0 atom stereocenters. The van der Waals surface area contributed by atoms with Crippen LogP contribution in [0.1, 0.15) is 41.4 Å². The van der Waals surface area contributed by atoms with Crippen LogP contribution in [0.2, 0.25) is 0 Å². The first-order chi connectivity index (χ1) is 12.4. The molecule has 8 nitrogen and oxygen atoms in total. The molecule has 0 aliphatic heterocycles. The Morgan fingerprint density at radius 3 is 0.846 bits per heavy atom. The van der Waals surface area contributed by atoms with Crippen molar-refractivity contribution in [2.24, 2.45) is 0 Å². The Morgan fingerprint density at radius 2 is 0.692 bits per heavy atom. The molecule has 0 N–H and O–H groups in total. The average Bonchev–Trinajstić information content (AvgIpc) is 2.69. The number of benzene rings is 2. The van der Waals surface area contributed by atoms with Gasteiger partial charge in [0.25, 0.3) is 0 Å². The summed E-state index contributed by atoms with van der Waals surface area (Å²) in [5.41, 5.74) is -0.135. The number of fused-ring (bicyclic) bond motifs is 1. The molecule has 0 aromatic heterocycles. The van der Waals surface area contributed by atoms with Gasteiger partial charge in [0.05, 0.1) is 50.7 Å². The second kappa shape index (κ2) is 7.64. The van der Waals surface area contributed by atoms with Crippen molar-refractivity contribution in [3.8, 4) is 0 Å². The van der Waals surface area contributed by atoms with E-state index in [0.29, 0.717) is 10.8 Å². The van der Waals surface area contributed by atoms with Gasteiger partial charge in [0, 0.05) is 0 Å². The molecule has 0 bridgehead atoms. The Kier molecular flexibility index (Phi) is 5.56. The van der Waals surface area contributed by atoms with Crippen molar-refractivity contribution in [1.29, 1.82) is 0 Å². The summed E-state index contributed by atoms with van der Waals surface area (Å²) >= 11 is 0. The van der Waals surface area contributed by atoms with Crippen molar-refractivity contribution in [3.63, 3.8) is 0 Å². The summed E-state index contributed by atoms with van der Waals surface area (Å²) in [4.78, 5) is 48.0. The highest BCUT2D eigenvalue weighted by molar-refractivity contribution is 6.11. The SMILES string of the molecule is COC(=O)c1cc2cc(C(=O)OC)c(C(=O)OC)cc2cc1C(=O)OC. The highest BCUT2D eigenvalue weighted by atomic mass is 16.5. The number of rotatable bonds is 4. The fraction of sp³-hybridized carbons (Fsp3) is 0.222. The molecule has 0 aliphatic carbocycles. The summed E-state index contributed by atoms with van der Waals surface area (Å²) in [5.74, 6) is -2.99. The molecular formula is C18H16O8. The monoisotopic (exact) mass is 360 g/mol. The first-order valence-corrected chi connectivity index (χ1v) is 7.33. The molecule has 26 heavy (non-hydrogen) atoms. The molecule has 0 unspecified atom stereocenters. The zero-order valence-electron chi connectivity index (χ0n) is 14.6. The van der Waals surface area contributed by atoms with Crippen LogP contribution in [-0.4, -0.2) is 52.3 Å². The van der Waals surface area contributed by atoms with E-state index in [0.717, 1.165) is 0 Å². The summed E-state index contributed by atoms with van der Waals surface area (Å²) in [5, 5.41) is 0.845. The Morgan fingerprint density at radius 1 is 0.500 bits per heavy atom. The lowest BCUT2D eigenvalue weighted by atomic mass is 9.96. The quantitative estimate of drug-likeness (QED) is 0.602. The molecule has 0 saturated heterocycles. The van der Waals surface area contributed by atoms with Crippen LogP contribution in [0, 0.1) is 0 Å².